The molecule has 3 heterocycles. The Morgan fingerprint density at radius 1 is 1.30 bits per heavy atom. The number of nitrogens with one attached hydrogen (secondary N) is 1. The molecule has 7 nitrogen and oxygen atoms in total. The molecule has 0 aliphatic carbocycles. The predicted molar refractivity (Wildman–Crippen MR) is 85.3 cm³/mol. The third kappa shape index (κ3) is 2.48. The summed E-state index contributed by atoms with van der Waals surface area (Å²) < 4.78 is 2.04. The van der Waals surface area contributed by atoms with Gasteiger partial charge in [-0.15, -0.1) is 22.0 Å². The van der Waals surface area contributed by atoms with Crippen molar-refractivity contribution < 1.29 is 9.59 Å². The second kappa shape index (κ2) is 5.38. The summed E-state index contributed by atoms with van der Waals surface area (Å²) in [4.78, 5) is 27.0. The monoisotopic (exact) mass is 329 g/mol. The van der Waals surface area contributed by atoms with E-state index in [4.69, 9.17) is 0 Å². The summed E-state index contributed by atoms with van der Waals surface area (Å²) in [5, 5.41) is 11.0. The number of hydrogen-bond acceptors (Lipinski definition) is 5. The van der Waals surface area contributed by atoms with Crippen LogP contribution < -0.4 is 5.32 Å². The smallest absolute Gasteiger partial charge is 0.254 e. The van der Waals surface area contributed by atoms with Crippen molar-refractivity contribution in [1.82, 2.24) is 19.7 Å². The molecule has 118 valence electrons. The number of anilines is 1. The van der Waals surface area contributed by atoms with Gasteiger partial charge in [-0.1, -0.05) is 0 Å². The Bertz CT molecular complexity index is 816. The average Bonchev–Trinajstić information content (AvgIpc) is 2.94. The average molecular weight is 329 g/mol. The van der Waals surface area contributed by atoms with Crippen LogP contribution in [0.2, 0.25) is 0 Å². The molecule has 1 N–H and O–H groups in total. The number of carbonyl (C=O) groups excluding carboxylic acids is 2. The maximum absolute atomic E-state index is 12.7. The molecule has 0 radical (unpaired) electrons. The van der Waals surface area contributed by atoms with Crippen molar-refractivity contribution in [2.24, 2.45) is 0 Å². The lowest BCUT2D eigenvalue weighted by Crippen LogP contribution is -2.38. The number of hydrogen-bond donors (Lipinski definition) is 1. The summed E-state index contributed by atoms with van der Waals surface area (Å²) >= 11 is 1.49. The minimum Gasteiger partial charge on any atom is -0.329 e. The lowest BCUT2D eigenvalue weighted by atomic mass is 10.1. The largest absolute Gasteiger partial charge is 0.329 e. The van der Waals surface area contributed by atoms with Gasteiger partial charge < -0.3 is 14.8 Å². The van der Waals surface area contributed by atoms with Crippen molar-refractivity contribution in [3.8, 4) is 0 Å². The Balaban J connectivity index is 1.58. The molecule has 2 aliphatic rings. The molecule has 0 bridgehead atoms. The first-order valence-corrected chi connectivity index (χ1v) is 8.35. The molecule has 4 rings (SSSR count). The highest BCUT2D eigenvalue weighted by molar-refractivity contribution is 8.00. The van der Waals surface area contributed by atoms with Crippen LogP contribution in [0.1, 0.15) is 22.0 Å². The number of rotatable bonds is 1. The van der Waals surface area contributed by atoms with Crippen molar-refractivity contribution in [2.75, 3.05) is 17.6 Å². The number of aryl methyl sites for hydroxylation is 1. The predicted octanol–water partition coefficient (Wildman–Crippen LogP) is 1.29. The molecular weight excluding hydrogens is 314 g/mol. The first-order valence-electron chi connectivity index (χ1n) is 7.36. The van der Waals surface area contributed by atoms with Gasteiger partial charge in [0.15, 0.2) is 5.82 Å². The maximum atomic E-state index is 12.7. The van der Waals surface area contributed by atoms with Crippen LogP contribution in [-0.2, 0) is 17.9 Å². The van der Waals surface area contributed by atoms with E-state index in [9.17, 15) is 9.59 Å². The normalized spacial score (nSPS) is 16.6. The van der Waals surface area contributed by atoms with Gasteiger partial charge in [-0.05, 0) is 25.1 Å². The number of thioether (sulfide) groups is 1. The van der Waals surface area contributed by atoms with Crippen LogP contribution in [-0.4, -0.2) is 43.8 Å². The zero-order valence-corrected chi connectivity index (χ0v) is 13.4. The minimum absolute atomic E-state index is 0.0337. The summed E-state index contributed by atoms with van der Waals surface area (Å²) in [7, 11) is 0. The topological polar surface area (TPSA) is 80.1 Å². The molecule has 0 spiro atoms. The summed E-state index contributed by atoms with van der Waals surface area (Å²) in [6.07, 6.45) is 0. The standard InChI is InChI=1S/C15H15N5O2S/c1-9-17-18-13-7-19(4-5-20(9)13)15(22)10-2-3-12-11(6-10)16-14(21)8-23-12/h2-3,6H,4-5,7-8H2,1H3,(H,16,21). The zero-order valence-electron chi connectivity index (χ0n) is 12.6. The van der Waals surface area contributed by atoms with E-state index >= 15 is 0 Å². The van der Waals surface area contributed by atoms with Gasteiger partial charge in [-0.3, -0.25) is 9.59 Å². The lowest BCUT2D eigenvalue weighted by Gasteiger charge is -2.28. The highest BCUT2D eigenvalue weighted by atomic mass is 32.2. The highest BCUT2D eigenvalue weighted by Gasteiger charge is 2.25. The fourth-order valence-corrected chi connectivity index (χ4v) is 3.66. The molecule has 1 aromatic heterocycles. The van der Waals surface area contributed by atoms with Gasteiger partial charge in [-0.2, -0.15) is 0 Å². The molecule has 0 saturated heterocycles. The van der Waals surface area contributed by atoms with Gasteiger partial charge in [0.1, 0.15) is 5.82 Å². The Hall–Kier alpha value is -2.35. The number of aromatic nitrogens is 3. The molecular formula is C15H15N5O2S. The van der Waals surface area contributed by atoms with Gasteiger partial charge in [0.25, 0.3) is 5.91 Å². The first-order chi connectivity index (χ1) is 11.1. The van der Waals surface area contributed by atoms with Gasteiger partial charge in [-0.25, -0.2) is 0 Å². The third-order valence-corrected chi connectivity index (χ3v) is 5.16. The molecule has 0 saturated carbocycles. The van der Waals surface area contributed by atoms with Crippen LogP contribution in [0.15, 0.2) is 23.1 Å². The zero-order chi connectivity index (χ0) is 16.0. The Labute approximate surface area is 137 Å². The molecule has 23 heavy (non-hydrogen) atoms. The van der Waals surface area contributed by atoms with Crippen LogP contribution >= 0.6 is 11.8 Å². The van der Waals surface area contributed by atoms with E-state index in [1.807, 2.05) is 23.6 Å². The quantitative estimate of drug-likeness (QED) is 0.853. The maximum Gasteiger partial charge on any atom is 0.254 e. The van der Waals surface area contributed by atoms with Crippen molar-refractivity contribution in [1.29, 1.82) is 0 Å². The fraction of sp³-hybridized carbons (Fsp3) is 0.333. The van der Waals surface area contributed by atoms with Gasteiger partial charge in [0.05, 0.1) is 18.0 Å². The Kier molecular flexibility index (Phi) is 3.33. The van der Waals surface area contributed by atoms with E-state index in [1.54, 1.807) is 11.0 Å². The second-order valence-corrected chi connectivity index (χ2v) is 6.61. The molecule has 2 aromatic rings. The lowest BCUT2D eigenvalue weighted by molar-refractivity contribution is -0.113. The molecule has 2 amide bonds. The summed E-state index contributed by atoms with van der Waals surface area (Å²) in [6, 6.07) is 5.46. The van der Waals surface area contributed by atoms with Crippen molar-refractivity contribution >= 4 is 29.3 Å². The fourth-order valence-electron chi connectivity index (χ4n) is 2.88. The van der Waals surface area contributed by atoms with E-state index in [1.165, 1.54) is 11.8 Å². The number of amides is 2. The van der Waals surface area contributed by atoms with E-state index in [0.29, 0.717) is 36.6 Å². The third-order valence-electron chi connectivity index (χ3n) is 4.08. The first kappa shape index (κ1) is 14.3. The number of carbonyl (C=O) groups is 2. The molecule has 0 unspecified atom stereocenters. The molecule has 0 fully saturated rings. The number of fused-ring (bicyclic) bond motifs is 2. The van der Waals surface area contributed by atoms with Crippen LogP contribution in [0.3, 0.4) is 0 Å². The summed E-state index contributed by atoms with van der Waals surface area (Å²) in [5.41, 5.74) is 1.30. The molecule has 1 aromatic carbocycles. The van der Waals surface area contributed by atoms with Crippen molar-refractivity contribution in [3.05, 3.63) is 35.4 Å². The van der Waals surface area contributed by atoms with Gasteiger partial charge >= 0.3 is 0 Å². The van der Waals surface area contributed by atoms with Gasteiger partial charge in [0, 0.05) is 23.5 Å². The van der Waals surface area contributed by atoms with Crippen LogP contribution in [0.4, 0.5) is 5.69 Å². The number of nitrogens with zero attached hydrogens (tertiary/aromatic N) is 4. The Morgan fingerprint density at radius 2 is 2.17 bits per heavy atom. The van der Waals surface area contributed by atoms with E-state index < -0.39 is 0 Å². The Morgan fingerprint density at radius 3 is 3.04 bits per heavy atom. The summed E-state index contributed by atoms with van der Waals surface area (Å²) in [5.74, 6) is 2.02. The van der Waals surface area contributed by atoms with Crippen LogP contribution in [0, 0.1) is 6.92 Å². The van der Waals surface area contributed by atoms with E-state index in [2.05, 4.69) is 15.5 Å². The van der Waals surface area contributed by atoms with Crippen molar-refractivity contribution in [3.63, 3.8) is 0 Å². The summed E-state index contributed by atoms with van der Waals surface area (Å²) in [6.45, 7) is 3.70. The second-order valence-electron chi connectivity index (χ2n) is 5.59. The molecule has 2 aliphatic heterocycles. The minimum atomic E-state index is -0.0514. The highest BCUT2D eigenvalue weighted by Crippen LogP contribution is 2.32. The SMILES string of the molecule is Cc1nnc2n1CCN(C(=O)c1ccc3c(c1)NC(=O)CS3)C2. The van der Waals surface area contributed by atoms with Crippen LogP contribution in [0.25, 0.3) is 0 Å². The molecule has 8 heteroatoms. The molecule has 0 atom stereocenters. The van der Waals surface area contributed by atoms with Crippen LogP contribution in [0.5, 0.6) is 0 Å². The van der Waals surface area contributed by atoms with Gasteiger partial charge in [0.2, 0.25) is 5.91 Å². The van der Waals surface area contributed by atoms with E-state index in [-0.39, 0.29) is 11.8 Å². The van der Waals surface area contributed by atoms with Crippen molar-refractivity contribution in [2.45, 2.75) is 24.9 Å². The van der Waals surface area contributed by atoms with E-state index in [0.717, 1.165) is 16.5 Å². The number of benzene rings is 1.